The smallest absolute Gasteiger partial charge is 0.134 e. The summed E-state index contributed by atoms with van der Waals surface area (Å²) < 4.78 is 0. The highest BCUT2D eigenvalue weighted by molar-refractivity contribution is 5.81. The summed E-state index contributed by atoms with van der Waals surface area (Å²) >= 11 is 0. The molecule has 0 spiro atoms. The molecule has 23 heavy (non-hydrogen) atoms. The molecule has 1 N–H and O–H groups in total. The summed E-state index contributed by atoms with van der Waals surface area (Å²) in [5, 5.41) is 9.60. The van der Waals surface area contributed by atoms with Gasteiger partial charge in [0.2, 0.25) is 0 Å². The van der Waals surface area contributed by atoms with Crippen molar-refractivity contribution >= 4 is 17.3 Å². The van der Waals surface area contributed by atoms with E-state index in [2.05, 4.69) is 47.1 Å². The van der Waals surface area contributed by atoms with E-state index < -0.39 is 0 Å². The number of allylic oxidation sites excluding steroid dienone is 1. The van der Waals surface area contributed by atoms with Gasteiger partial charge in [0.1, 0.15) is 5.75 Å². The molecule has 120 valence electrons. The minimum atomic E-state index is 0.204. The van der Waals surface area contributed by atoms with Crippen molar-refractivity contribution in [2.24, 2.45) is 0 Å². The van der Waals surface area contributed by atoms with Crippen LogP contribution in [0, 0.1) is 6.92 Å². The van der Waals surface area contributed by atoms with Crippen LogP contribution in [-0.2, 0) is 0 Å². The van der Waals surface area contributed by atoms with Gasteiger partial charge in [-0.1, -0.05) is 12.1 Å². The van der Waals surface area contributed by atoms with Crippen molar-refractivity contribution in [3.8, 4) is 5.75 Å². The topological polar surface area (TPSA) is 36.4 Å². The number of rotatable bonds is 3. The fourth-order valence-corrected chi connectivity index (χ4v) is 3.09. The maximum atomic E-state index is 9.60. The minimum absolute atomic E-state index is 0.204. The van der Waals surface area contributed by atoms with E-state index in [9.17, 15) is 5.11 Å². The molecule has 1 aliphatic rings. The van der Waals surface area contributed by atoms with Gasteiger partial charge in [-0.15, -0.1) is 0 Å². The number of aromatic nitrogens is 1. The van der Waals surface area contributed by atoms with E-state index in [1.54, 1.807) is 6.07 Å². The van der Waals surface area contributed by atoms with Crippen molar-refractivity contribution < 1.29 is 5.11 Å². The highest BCUT2D eigenvalue weighted by Crippen LogP contribution is 2.25. The van der Waals surface area contributed by atoms with Crippen molar-refractivity contribution in [1.29, 1.82) is 0 Å². The molecule has 0 unspecified atom stereocenters. The number of hydrogen-bond acceptors (Lipinski definition) is 3. The van der Waals surface area contributed by atoms with Gasteiger partial charge < -0.3 is 10.0 Å². The lowest BCUT2D eigenvalue weighted by Crippen LogP contribution is -2.29. The maximum Gasteiger partial charge on any atom is 0.134 e. The molecule has 1 saturated heterocycles. The first kappa shape index (κ1) is 15.6. The van der Waals surface area contributed by atoms with E-state index in [0.29, 0.717) is 0 Å². The predicted octanol–water partition coefficient (Wildman–Crippen LogP) is 4.65. The lowest BCUT2D eigenvalue weighted by molar-refractivity contribution is 0.472. The van der Waals surface area contributed by atoms with Crippen LogP contribution in [0.25, 0.3) is 11.6 Å². The molecule has 2 aromatic rings. The van der Waals surface area contributed by atoms with Gasteiger partial charge in [0, 0.05) is 24.5 Å². The van der Waals surface area contributed by atoms with E-state index in [1.165, 1.54) is 55.4 Å². The second-order valence-electron chi connectivity index (χ2n) is 6.29. The average molecular weight is 308 g/mol. The zero-order chi connectivity index (χ0) is 16.2. The fourth-order valence-electron chi connectivity index (χ4n) is 3.09. The van der Waals surface area contributed by atoms with Crippen molar-refractivity contribution in [2.75, 3.05) is 18.0 Å². The lowest BCUT2D eigenvalue weighted by Gasteiger charge is -2.28. The maximum absolute atomic E-state index is 9.60. The molecule has 0 radical (unpaired) electrons. The summed E-state index contributed by atoms with van der Waals surface area (Å²) in [7, 11) is 0. The van der Waals surface area contributed by atoms with Gasteiger partial charge in [-0.2, -0.15) is 0 Å². The largest absolute Gasteiger partial charge is 0.506 e. The second kappa shape index (κ2) is 6.86. The first-order chi connectivity index (χ1) is 11.1. The Morgan fingerprint density at radius 2 is 1.83 bits per heavy atom. The molecule has 3 heteroatoms. The number of hydrogen-bond donors (Lipinski definition) is 1. The van der Waals surface area contributed by atoms with Gasteiger partial charge in [-0.3, -0.25) is 4.98 Å². The van der Waals surface area contributed by atoms with Crippen LogP contribution < -0.4 is 4.90 Å². The Morgan fingerprint density at radius 1 is 1.13 bits per heavy atom. The van der Waals surface area contributed by atoms with Crippen LogP contribution in [0.3, 0.4) is 0 Å². The number of benzene rings is 1. The average Bonchev–Trinajstić information content (AvgIpc) is 2.59. The first-order valence-corrected chi connectivity index (χ1v) is 8.33. The zero-order valence-electron chi connectivity index (χ0n) is 13.9. The van der Waals surface area contributed by atoms with Crippen LogP contribution >= 0.6 is 0 Å². The van der Waals surface area contributed by atoms with Gasteiger partial charge in [-0.05, 0) is 74.1 Å². The molecule has 3 nitrogen and oxygen atoms in total. The summed E-state index contributed by atoms with van der Waals surface area (Å²) in [6.45, 7) is 6.39. The molecule has 0 saturated carbocycles. The molecule has 1 aromatic heterocycles. The van der Waals surface area contributed by atoms with Crippen LogP contribution in [0.4, 0.5) is 5.69 Å². The van der Waals surface area contributed by atoms with Gasteiger partial charge in [0.15, 0.2) is 0 Å². The first-order valence-electron chi connectivity index (χ1n) is 8.33. The normalized spacial score (nSPS) is 15.7. The Morgan fingerprint density at radius 3 is 2.52 bits per heavy atom. The van der Waals surface area contributed by atoms with Crippen LogP contribution in [0.2, 0.25) is 0 Å². The number of aromatic hydroxyl groups is 1. The molecule has 1 aromatic carbocycles. The third kappa shape index (κ3) is 3.73. The molecular weight excluding hydrogens is 284 g/mol. The minimum Gasteiger partial charge on any atom is -0.506 e. The third-order valence-corrected chi connectivity index (χ3v) is 4.53. The van der Waals surface area contributed by atoms with E-state index in [4.69, 9.17) is 0 Å². The molecule has 0 amide bonds. The highest BCUT2D eigenvalue weighted by atomic mass is 16.3. The van der Waals surface area contributed by atoms with Crippen molar-refractivity contribution in [3.05, 3.63) is 53.3 Å². The summed E-state index contributed by atoms with van der Waals surface area (Å²) in [5.41, 5.74) is 5.57. The number of pyridine rings is 1. The molecule has 1 aliphatic heterocycles. The Balaban J connectivity index is 1.80. The lowest BCUT2D eigenvalue weighted by atomic mass is 10.0. The van der Waals surface area contributed by atoms with Gasteiger partial charge >= 0.3 is 0 Å². The Hall–Kier alpha value is -2.29. The quantitative estimate of drug-likeness (QED) is 0.897. The monoisotopic (exact) mass is 308 g/mol. The molecular formula is C20H24N2O. The van der Waals surface area contributed by atoms with Crippen LogP contribution in [0.5, 0.6) is 5.75 Å². The number of piperidine rings is 1. The van der Waals surface area contributed by atoms with E-state index >= 15 is 0 Å². The summed E-state index contributed by atoms with van der Waals surface area (Å²) in [6, 6.07) is 10.5. The zero-order valence-corrected chi connectivity index (χ0v) is 13.9. The molecule has 2 heterocycles. The van der Waals surface area contributed by atoms with Crippen molar-refractivity contribution in [1.82, 2.24) is 4.98 Å². The Kier molecular flexibility index (Phi) is 4.65. The summed E-state index contributed by atoms with van der Waals surface area (Å²) in [5.74, 6) is 0.204. The molecule has 1 fully saturated rings. The van der Waals surface area contributed by atoms with E-state index in [-0.39, 0.29) is 5.75 Å². The van der Waals surface area contributed by atoms with Gasteiger partial charge in [0.05, 0.1) is 6.20 Å². The van der Waals surface area contributed by atoms with Crippen molar-refractivity contribution in [3.63, 3.8) is 0 Å². The number of nitrogens with zero attached hydrogens (tertiary/aromatic N) is 2. The Bertz CT molecular complexity index is 698. The van der Waals surface area contributed by atoms with Crippen LogP contribution in [0.15, 0.2) is 36.5 Å². The molecule has 0 atom stereocenters. The number of anilines is 1. The van der Waals surface area contributed by atoms with Gasteiger partial charge in [0.25, 0.3) is 0 Å². The van der Waals surface area contributed by atoms with E-state index in [0.717, 1.165) is 11.3 Å². The van der Waals surface area contributed by atoms with Crippen LogP contribution in [-0.4, -0.2) is 23.2 Å². The molecule has 0 bridgehead atoms. The third-order valence-electron chi connectivity index (χ3n) is 4.53. The van der Waals surface area contributed by atoms with Gasteiger partial charge in [-0.25, -0.2) is 0 Å². The van der Waals surface area contributed by atoms with Crippen LogP contribution in [0.1, 0.15) is 43.0 Å². The predicted molar refractivity (Wildman–Crippen MR) is 96.7 cm³/mol. The SMILES string of the molecule is CC(=Cc1cc(O)cnc1C)c1ccc(N2CCCCC2)cc1. The number of aryl methyl sites for hydroxylation is 1. The van der Waals surface area contributed by atoms with Crippen molar-refractivity contribution in [2.45, 2.75) is 33.1 Å². The molecule has 3 rings (SSSR count). The standard InChI is InChI=1S/C20H24N2O/c1-15(12-18-13-20(23)14-21-16(18)2)17-6-8-19(9-7-17)22-10-4-3-5-11-22/h6-9,12-14,23H,3-5,10-11H2,1-2H3. The highest BCUT2D eigenvalue weighted by Gasteiger charge is 2.10. The second-order valence-corrected chi connectivity index (χ2v) is 6.29. The Labute approximate surface area is 138 Å². The van der Waals surface area contributed by atoms with E-state index in [1.807, 2.05) is 6.92 Å². The summed E-state index contributed by atoms with van der Waals surface area (Å²) in [4.78, 5) is 6.67. The summed E-state index contributed by atoms with van der Waals surface area (Å²) in [6.07, 6.45) is 7.51. The fraction of sp³-hybridized carbons (Fsp3) is 0.350. The molecule has 0 aliphatic carbocycles.